The molecule has 2 aromatic carbocycles. The molecule has 33 heavy (non-hydrogen) atoms. The lowest BCUT2D eigenvalue weighted by Gasteiger charge is -2.27. The van der Waals surface area contributed by atoms with Crippen molar-refractivity contribution in [3.05, 3.63) is 41.5 Å². The van der Waals surface area contributed by atoms with Gasteiger partial charge in [0.05, 0.1) is 35.5 Å². The molecule has 0 saturated carbocycles. The molecular formula is C24H36IN3O5. The number of ether oxygens (including phenoxy) is 5. The SMILES string of the molecule is CN=C(NCc1cc(OC)c(OC)c(OC)c1)NCC(C)(C)c1ccc(OC)c(OC)c1.I. The highest BCUT2D eigenvalue weighted by Gasteiger charge is 2.23. The maximum Gasteiger partial charge on any atom is 0.203 e. The second-order valence-corrected chi connectivity index (χ2v) is 7.77. The van der Waals surface area contributed by atoms with Gasteiger partial charge in [-0.25, -0.2) is 0 Å². The van der Waals surface area contributed by atoms with Crippen molar-refractivity contribution in [2.45, 2.75) is 25.8 Å². The molecule has 0 aliphatic carbocycles. The zero-order valence-electron chi connectivity index (χ0n) is 20.7. The number of hydrogen-bond donors (Lipinski definition) is 2. The summed E-state index contributed by atoms with van der Waals surface area (Å²) in [4.78, 5) is 4.34. The van der Waals surface area contributed by atoms with Gasteiger partial charge in [0.15, 0.2) is 29.0 Å². The average Bonchev–Trinajstić information content (AvgIpc) is 2.82. The van der Waals surface area contributed by atoms with Crippen molar-refractivity contribution < 1.29 is 23.7 Å². The maximum absolute atomic E-state index is 5.45. The van der Waals surface area contributed by atoms with Gasteiger partial charge in [0.1, 0.15) is 0 Å². The number of methoxy groups -OCH3 is 5. The summed E-state index contributed by atoms with van der Waals surface area (Å²) in [5.74, 6) is 3.90. The van der Waals surface area contributed by atoms with Crippen molar-refractivity contribution in [2.75, 3.05) is 49.1 Å². The zero-order valence-corrected chi connectivity index (χ0v) is 23.0. The van der Waals surface area contributed by atoms with E-state index in [1.807, 2.05) is 24.3 Å². The highest BCUT2D eigenvalue weighted by atomic mass is 127. The minimum absolute atomic E-state index is 0. The van der Waals surface area contributed by atoms with Crippen LogP contribution in [-0.4, -0.2) is 55.1 Å². The quantitative estimate of drug-likeness (QED) is 0.253. The number of aliphatic imine (C=N–C) groups is 1. The molecule has 9 heteroatoms. The highest BCUT2D eigenvalue weighted by Crippen LogP contribution is 2.38. The van der Waals surface area contributed by atoms with Crippen LogP contribution in [-0.2, 0) is 12.0 Å². The predicted molar refractivity (Wildman–Crippen MR) is 142 cm³/mol. The summed E-state index contributed by atoms with van der Waals surface area (Å²) in [7, 11) is 9.81. The van der Waals surface area contributed by atoms with Crippen LogP contribution in [0.4, 0.5) is 0 Å². The van der Waals surface area contributed by atoms with Crippen LogP contribution in [0.3, 0.4) is 0 Å². The molecule has 0 amide bonds. The summed E-state index contributed by atoms with van der Waals surface area (Å²) in [5, 5.41) is 6.74. The van der Waals surface area contributed by atoms with E-state index in [2.05, 4.69) is 35.5 Å². The first-order chi connectivity index (χ1) is 15.3. The Balaban J connectivity index is 0.00000544. The summed E-state index contributed by atoms with van der Waals surface area (Å²) in [5.41, 5.74) is 1.92. The van der Waals surface area contributed by atoms with Crippen molar-refractivity contribution in [3.8, 4) is 28.7 Å². The van der Waals surface area contributed by atoms with E-state index in [4.69, 9.17) is 23.7 Å². The van der Waals surface area contributed by atoms with Gasteiger partial charge in [0.25, 0.3) is 0 Å². The summed E-state index contributed by atoms with van der Waals surface area (Å²) >= 11 is 0. The lowest BCUT2D eigenvalue weighted by Crippen LogP contribution is -2.43. The molecule has 2 N–H and O–H groups in total. The summed E-state index contributed by atoms with van der Waals surface area (Å²) in [6.45, 7) is 5.52. The van der Waals surface area contributed by atoms with Crippen LogP contribution in [0.2, 0.25) is 0 Å². The largest absolute Gasteiger partial charge is 0.493 e. The summed E-state index contributed by atoms with van der Waals surface area (Å²) in [6, 6.07) is 9.81. The fourth-order valence-electron chi connectivity index (χ4n) is 3.31. The Labute approximate surface area is 214 Å². The molecule has 0 radical (unpaired) electrons. The third-order valence-electron chi connectivity index (χ3n) is 5.27. The van der Waals surface area contributed by atoms with Gasteiger partial charge in [-0.1, -0.05) is 19.9 Å². The van der Waals surface area contributed by atoms with Crippen LogP contribution in [0.5, 0.6) is 28.7 Å². The van der Waals surface area contributed by atoms with Crippen molar-refractivity contribution >= 4 is 29.9 Å². The standard InChI is InChI=1S/C24H35N3O5.HI/c1-24(2,17-9-10-18(28-4)19(13-17)29-5)15-27-23(25-3)26-14-16-11-20(30-6)22(32-8)21(12-16)31-7;/h9-13H,14-15H2,1-8H3,(H2,25,26,27);1H. The Bertz CT molecular complexity index is 909. The van der Waals surface area contributed by atoms with Gasteiger partial charge in [-0.3, -0.25) is 4.99 Å². The van der Waals surface area contributed by atoms with E-state index in [1.54, 1.807) is 42.6 Å². The van der Waals surface area contributed by atoms with Crippen LogP contribution < -0.4 is 34.3 Å². The Morgan fingerprint density at radius 3 is 1.85 bits per heavy atom. The zero-order chi connectivity index (χ0) is 23.7. The van der Waals surface area contributed by atoms with Crippen LogP contribution in [0.1, 0.15) is 25.0 Å². The normalized spacial score (nSPS) is 11.2. The molecule has 0 unspecified atom stereocenters. The van der Waals surface area contributed by atoms with E-state index in [9.17, 15) is 0 Å². The molecule has 0 aliphatic heterocycles. The monoisotopic (exact) mass is 573 g/mol. The summed E-state index contributed by atoms with van der Waals surface area (Å²) < 4.78 is 27.0. The Kier molecular flexibility index (Phi) is 11.4. The molecule has 0 saturated heterocycles. The van der Waals surface area contributed by atoms with Gasteiger partial charge in [0, 0.05) is 25.6 Å². The average molecular weight is 573 g/mol. The molecule has 2 rings (SSSR count). The molecule has 0 atom stereocenters. The number of nitrogens with zero attached hydrogens (tertiary/aromatic N) is 1. The van der Waals surface area contributed by atoms with Crippen molar-refractivity contribution in [3.63, 3.8) is 0 Å². The molecule has 0 bridgehead atoms. The Morgan fingerprint density at radius 1 is 0.788 bits per heavy atom. The number of halogens is 1. The maximum atomic E-state index is 5.45. The van der Waals surface area contributed by atoms with Crippen molar-refractivity contribution in [1.29, 1.82) is 0 Å². The summed E-state index contributed by atoms with van der Waals surface area (Å²) in [6.07, 6.45) is 0. The first kappa shape index (κ1) is 28.5. The minimum atomic E-state index is -0.177. The van der Waals surface area contributed by atoms with E-state index in [0.717, 1.165) is 11.1 Å². The molecule has 0 aromatic heterocycles. The molecular weight excluding hydrogens is 537 g/mol. The second-order valence-electron chi connectivity index (χ2n) is 7.77. The fourth-order valence-corrected chi connectivity index (χ4v) is 3.31. The number of rotatable bonds is 10. The van der Waals surface area contributed by atoms with Crippen LogP contribution >= 0.6 is 24.0 Å². The fraction of sp³-hybridized carbons (Fsp3) is 0.458. The molecule has 0 heterocycles. The number of nitrogens with one attached hydrogen (secondary N) is 2. The van der Waals surface area contributed by atoms with E-state index < -0.39 is 0 Å². The first-order valence-electron chi connectivity index (χ1n) is 10.3. The smallest absolute Gasteiger partial charge is 0.203 e. The van der Waals surface area contributed by atoms with E-state index in [0.29, 0.717) is 47.8 Å². The minimum Gasteiger partial charge on any atom is -0.493 e. The molecule has 0 spiro atoms. The molecule has 8 nitrogen and oxygen atoms in total. The van der Waals surface area contributed by atoms with Gasteiger partial charge in [-0.05, 0) is 35.4 Å². The van der Waals surface area contributed by atoms with Gasteiger partial charge < -0.3 is 34.3 Å². The van der Waals surface area contributed by atoms with Crippen LogP contribution in [0.15, 0.2) is 35.3 Å². The van der Waals surface area contributed by atoms with Gasteiger partial charge >= 0.3 is 0 Å². The molecule has 0 fully saturated rings. The number of benzene rings is 2. The lowest BCUT2D eigenvalue weighted by atomic mass is 9.84. The Hall–Kier alpha value is -2.56. The number of guanidine groups is 1. The molecule has 2 aromatic rings. The van der Waals surface area contributed by atoms with E-state index in [1.165, 1.54) is 0 Å². The van der Waals surface area contributed by atoms with E-state index in [-0.39, 0.29) is 29.4 Å². The van der Waals surface area contributed by atoms with Crippen molar-refractivity contribution in [1.82, 2.24) is 10.6 Å². The second kappa shape index (κ2) is 13.2. The number of hydrogen-bond acceptors (Lipinski definition) is 6. The van der Waals surface area contributed by atoms with Gasteiger partial charge in [-0.15, -0.1) is 24.0 Å². The predicted octanol–water partition coefficient (Wildman–Crippen LogP) is 3.99. The van der Waals surface area contributed by atoms with Gasteiger partial charge in [0.2, 0.25) is 5.75 Å². The third kappa shape index (κ3) is 7.21. The first-order valence-corrected chi connectivity index (χ1v) is 10.3. The highest BCUT2D eigenvalue weighted by molar-refractivity contribution is 14.0. The van der Waals surface area contributed by atoms with Crippen LogP contribution in [0, 0.1) is 0 Å². The topological polar surface area (TPSA) is 82.6 Å². The van der Waals surface area contributed by atoms with Crippen molar-refractivity contribution in [2.24, 2.45) is 4.99 Å². The molecule has 184 valence electrons. The molecule has 0 aliphatic rings. The Morgan fingerprint density at radius 2 is 1.36 bits per heavy atom. The lowest BCUT2D eigenvalue weighted by molar-refractivity contribution is 0.323. The van der Waals surface area contributed by atoms with Crippen LogP contribution in [0.25, 0.3) is 0 Å². The third-order valence-corrected chi connectivity index (χ3v) is 5.27. The van der Waals surface area contributed by atoms with Gasteiger partial charge in [-0.2, -0.15) is 0 Å². The van der Waals surface area contributed by atoms with E-state index >= 15 is 0 Å².